The molecule has 0 aliphatic heterocycles. The standard InChI is InChI=1S/C13H8Br2N2O/c14-7-1-3-9(10(15)5-7)13-16-11-4-2-8(18)6-12(11)17-13/h1-6,18H,(H,16,17). The minimum atomic E-state index is 0.229. The van der Waals surface area contributed by atoms with E-state index in [9.17, 15) is 5.11 Å². The minimum Gasteiger partial charge on any atom is -0.508 e. The molecule has 0 unspecified atom stereocenters. The van der Waals surface area contributed by atoms with Crippen LogP contribution in [-0.4, -0.2) is 15.1 Å². The fourth-order valence-corrected chi connectivity index (χ4v) is 3.04. The number of H-pyrrole nitrogens is 1. The molecule has 2 aromatic carbocycles. The molecule has 3 nitrogen and oxygen atoms in total. The van der Waals surface area contributed by atoms with Crippen LogP contribution in [0.25, 0.3) is 22.4 Å². The molecule has 0 spiro atoms. The third-order valence-electron chi connectivity index (χ3n) is 2.65. The number of hydrogen-bond donors (Lipinski definition) is 2. The number of halogens is 2. The van der Waals surface area contributed by atoms with E-state index in [2.05, 4.69) is 41.8 Å². The van der Waals surface area contributed by atoms with Crippen molar-refractivity contribution in [2.24, 2.45) is 0 Å². The molecule has 1 aromatic heterocycles. The lowest BCUT2D eigenvalue weighted by molar-refractivity contribution is 0.476. The van der Waals surface area contributed by atoms with E-state index in [-0.39, 0.29) is 5.75 Å². The van der Waals surface area contributed by atoms with Gasteiger partial charge < -0.3 is 10.1 Å². The van der Waals surface area contributed by atoms with Crippen LogP contribution < -0.4 is 0 Å². The van der Waals surface area contributed by atoms with Crippen molar-refractivity contribution in [2.75, 3.05) is 0 Å². The summed E-state index contributed by atoms with van der Waals surface area (Å²) >= 11 is 6.94. The molecule has 18 heavy (non-hydrogen) atoms. The summed E-state index contributed by atoms with van der Waals surface area (Å²) in [4.78, 5) is 7.70. The zero-order chi connectivity index (χ0) is 12.7. The van der Waals surface area contributed by atoms with Crippen LogP contribution in [0.1, 0.15) is 0 Å². The Hall–Kier alpha value is -1.33. The Balaban J connectivity index is 2.19. The number of aromatic nitrogens is 2. The van der Waals surface area contributed by atoms with Crippen molar-refractivity contribution in [1.29, 1.82) is 0 Å². The number of phenolic OH excluding ortho intramolecular Hbond substituents is 1. The molecule has 5 heteroatoms. The first-order valence-corrected chi connectivity index (χ1v) is 6.86. The van der Waals surface area contributed by atoms with Gasteiger partial charge in [0.15, 0.2) is 0 Å². The molecule has 0 aliphatic carbocycles. The molecule has 3 rings (SSSR count). The number of hydrogen-bond acceptors (Lipinski definition) is 2. The summed E-state index contributed by atoms with van der Waals surface area (Å²) in [5.74, 6) is 1.00. The van der Waals surface area contributed by atoms with Crippen LogP contribution in [0.4, 0.5) is 0 Å². The maximum absolute atomic E-state index is 9.44. The van der Waals surface area contributed by atoms with Crippen molar-refractivity contribution in [3.8, 4) is 17.1 Å². The van der Waals surface area contributed by atoms with E-state index >= 15 is 0 Å². The van der Waals surface area contributed by atoms with Gasteiger partial charge in [-0.05, 0) is 46.3 Å². The summed E-state index contributed by atoms with van der Waals surface area (Å²) < 4.78 is 1.96. The Labute approximate surface area is 120 Å². The third-order valence-corrected chi connectivity index (χ3v) is 3.80. The van der Waals surface area contributed by atoms with Gasteiger partial charge in [-0.3, -0.25) is 0 Å². The SMILES string of the molecule is Oc1ccc2nc(-c3ccc(Br)cc3Br)[nH]c2c1. The molecule has 2 N–H and O–H groups in total. The number of fused-ring (bicyclic) bond motifs is 1. The number of imidazole rings is 1. The number of aromatic hydroxyl groups is 1. The van der Waals surface area contributed by atoms with Crippen molar-refractivity contribution in [2.45, 2.75) is 0 Å². The van der Waals surface area contributed by atoms with E-state index in [4.69, 9.17) is 0 Å². The molecule has 1 heterocycles. The summed E-state index contributed by atoms with van der Waals surface area (Å²) in [6, 6.07) is 11.0. The Morgan fingerprint density at radius 2 is 1.89 bits per heavy atom. The van der Waals surface area contributed by atoms with Crippen molar-refractivity contribution >= 4 is 42.9 Å². The van der Waals surface area contributed by atoms with Crippen molar-refractivity contribution in [1.82, 2.24) is 9.97 Å². The van der Waals surface area contributed by atoms with Crippen LogP contribution in [0.5, 0.6) is 5.75 Å². The summed E-state index contributed by atoms with van der Waals surface area (Å²) in [7, 11) is 0. The second-order valence-corrected chi connectivity index (χ2v) is 5.68. The lowest BCUT2D eigenvalue weighted by atomic mass is 10.2. The van der Waals surface area contributed by atoms with E-state index in [1.54, 1.807) is 18.2 Å². The lowest BCUT2D eigenvalue weighted by Crippen LogP contribution is -1.82. The van der Waals surface area contributed by atoms with Crippen LogP contribution in [0.2, 0.25) is 0 Å². The fraction of sp³-hybridized carbons (Fsp3) is 0. The highest BCUT2D eigenvalue weighted by atomic mass is 79.9. The highest BCUT2D eigenvalue weighted by Crippen LogP contribution is 2.30. The minimum absolute atomic E-state index is 0.229. The van der Waals surface area contributed by atoms with E-state index in [1.807, 2.05) is 18.2 Å². The second-order valence-electron chi connectivity index (χ2n) is 3.91. The van der Waals surface area contributed by atoms with Crippen LogP contribution in [0.15, 0.2) is 45.3 Å². The average Bonchev–Trinajstić information content (AvgIpc) is 2.71. The Morgan fingerprint density at radius 3 is 2.67 bits per heavy atom. The summed E-state index contributed by atoms with van der Waals surface area (Å²) in [6.07, 6.45) is 0. The normalized spacial score (nSPS) is 11.0. The summed E-state index contributed by atoms with van der Waals surface area (Å²) in [5.41, 5.74) is 2.63. The van der Waals surface area contributed by atoms with Gasteiger partial charge in [-0.2, -0.15) is 0 Å². The zero-order valence-electron chi connectivity index (χ0n) is 9.11. The fourth-order valence-electron chi connectivity index (χ4n) is 1.81. The summed E-state index contributed by atoms with van der Waals surface area (Å²) in [6.45, 7) is 0. The highest BCUT2D eigenvalue weighted by molar-refractivity contribution is 9.11. The number of aromatic amines is 1. The first-order valence-electron chi connectivity index (χ1n) is 5.27. The van der Waals surface area contributed by atoms with E-state index in [0.29, 0.717) is 0 Å². The molecule has 0 fully saturated rings. The molecule has 90 valence electrons. The zero-order valence-corrected chi connectivity index (χ0v) is 12.3. The van der Waals surface area contributed by atoms with Gasteiger partial charge in [0.05, 0.1) is 11.0 Å². The average molecular weight is 368 g/mol. The molecule has 0 bridgehead atoms. The van der Waals surface area contributed by atoms with Gasteiger partial charge >= 0.3 is 0 Å². The largest absolute Gasteiger partial charge is 0.508 e. The topological polar surface area (TPSA) is 48.9 Å². The van der Waals surface area contributed by atoms with Gasteiger partial charge in [0.2, 0.25) is 0 Å². The molecular weight excluding hydrogens is 360 g/mol. The molecule has 3 aromatic rings. The number of benzene rings is 2. The van der Waals surface area contributed by atoms with Crippen molar-refractivity contribution in [3.05, 3.63) is 45.3 Å². The number of nitrogens with one attached hydrogen (secondary N) is 1. The van der Waals surface area contributed by atoms with Gasteiger partial charge in [0.1, 0.15) is 11.6 Å². The number of phenols is 1. The number of rotatable bonds is 1. The van der Waals surface area contributed by atoms with E-state index in [0.717, 1.165) is 31.4 Å². The third kappa shape index (κ3) is 2.04. The van der Waals surface area contributed by atoms with E-state index in [1.165, 1.54) is 0 Å². The van der Waals surface area contributed by atoms with Crippen LogP contribution >= 0.6 is 31.9 Å². The predicted molar refractivity (Wildman–Crippen MR) is 78.6 cm³/mol. The van der Waals surface area contributed by atoms with Gasteiger partial charge in [0, 0.05) is 20.6 Å². The second kappa shape index (κ2) is 4.40. The van der Waals surface area contributed by atoms with Gasteiger partial charge in [0.25, 0.3) is 0 Å². The van der Waals surface area contributed by atoms with Gasteiger partial charge in [-0.15, -0.1) is 0 Å². The Morgan fingerprint density at radius 1 is 1.06 bits per heavy atom. The Kier molecular flexibility index (Phi) is 2.87. The molecule has 0 atom stereocenters. The lowest BCUT2D eigenvalue weighted by Gasteiger charge is -2.00. The monoisotopic (exact) mass is 366 g/mol. The molecule has 0 saturated carbocycles. The van der Waals surface area contributed by atoms with Crippen LogP contribution in [-0.2, 0) is 0 Å². The predicted octanol–water partition coefficient (Wildman–Crippen LogP) is 4.46. The molecule has 0 saturated heterocycles. The highest BCUT2D eigenvalue weighted by Gasteiger charge is 2.09. The first kappa shape index (κ1) is 11.7. The maximum atomic E-state index is 9.44. The van der Waals surface area contributed by atoms with Crippen molar-refractivity contribution < 1.29 is 5.11 Å². The Bertz CT molecular complexity index is 737. The molecular formula is C13H8Br2N2O. The van der Waals surface area contributed by atoms with Gasteiger partial charge in [-0.25, -0.2) is 4.98 Å². The summed E-state index contributed by atoms with van der Waals surface area (Å²) in [5, 5.41) is 9.44. The number of nitrogens with zero attached hydrogens (tertiary/aromatic N) is 1. The smallest absolute Gasteiger partial charge is 0.139 e. The van der Waals surface area contributed by atoms with E-state index < -0.39 is 0 Å². The molecule has 0 radical (unpaired) electrons. The van der Waals surface area contributed by atoms with Gasteiger partial charge in [-0.1, -0.05) is 15.9 Å². The molecule has 0 aliphatic rings. The molecule has 0 amide bonds. The quantitative estimate of drug-likeness (QED) is 0.667. The van der Waals surface area contributed by atoms with Crippen molar-refractivity contribution in [3.63, 3.8) is 0 Å². The first-order chi connectivity index (χ1) is 8.63. The van der Waals surface area contributed by atoms with Crippen LogP contribution in [0, 0.1) is 0 Å². The maximum Gasteiger partial charge on any atom is 0.139 e. The van der Waals surface area contributed by atoms with Crippen LogP contribution in [0.3, 0.4) is 0 Å².